The van der Waals surface area contributed by atoms with Crippen molar-refractivity contribution in [2.24, 2.45) is 5.92 Å². The zero-order valence-electron chi connectivity index (χ0n) is 10.9. The van der Waals surface area contributed by atoms with E-state index in [0.717, 1.165) is 32.1 Å². The first kappa shape index (κ1) is 15.0. The molecule has 3 atom stereocenters. The summed E-state index contributed by atoms with van der Waals surface area (Å²) in [6.45, 7) is 1.75. The Morgan fingerprint density at radius 3 is 2.56 bits per heavy atom. The highest BCUT2D eigenvalue weighted by molar-refractivity contribution is 5.77. The van der Waals surface area contributed by atoms with Crippen LogP contribution in [0.5, 0.6) is 0 Å². The Balaban J connectivity index is 2.35. The van der Waals surface area contributed by atoms with Crippen molar-refractivity contribution in [1.29, 1.82) is 0 Å². The summed E-state index contributed by atoms with van der Waals surface area (Å²) >= 11 is 0. The summed E-state index contributed by atoms with van der Waals surface area (Å²) in [4.78, 5) is 22.3. The van der Waals surface area contributed by atoms with Gasteiger partial charge < -0.3 is 15.5 Å². The van der Waals surface area contributed by atoms with E-state index in [1.165, 1.54) is 0 Å². The second-order valence-corrected chi connectivity index (χ2v) is 5.29. The molecule has 0 aromatic heterocycles. The molecule has 18 heavy (non-hydrogen) atoms. The standard InChI is InChI=1S/C13H23NO4/c1-9(8-13(17)18)7-12(16)14-10-5-3-2-4-6-11(10)15/h9-11,15H,2-8H2,1H3,(H,14,16)(H,17,18). The summed E-state index contributed by atoms with van der Waals surface area (Å²) in [5.41, 5.74) is 0. The average Bonchev–Trinajstić information content (AvgIpc) is 2.43. The number of aliphatic hydroxyl groups is 1. The van der Waals surface area contributed by atoms with Gasteiger partial charge in [0.05, 0.1) is 12.1 Å². The Bertz CT molecular complexity index is 293. The van der Waals surface area contributed by atoms with E-state index in [-0.39, 0.29) is 30.7 Å². The first-order valence-electron chi connectivity index (χ1n) is 6.68. The van der Waals surface area contributed by atoms with Crippen LogP contribution in [-0.4, -0.2) is 34.2 Å². The largest absolute Gasteiger partial charge is 0.481 e. The molecule has 0 heterocycles. The number of carbonyl (C=O) groups is 2. The first-order chi connectivity index (χ1) is 8.49. The molecule has 0 bridgehead atoms. The number of amides is 1. The monoisotopic (exact) mass is 257 g/mol. The lowest BCUT2D eigenvalue weighted by Crippen LogP contribution is -2.43. The molecule has 0 spiro atoms. The topological polar surface area (TPSA) is 86.6 Å². The summed E-state index contributed by atoms with van der Waals surface area (Å²) < 4.78 is 0. The fraction of sp³-hybridized carbons (Fsp3) is 0.846. The van der Waals surface area contributed by atoms with E-state index in [0.29, 0.717) is 0 Å². The summed E-state index contributed by atoms with van der Waals surface area (Å²) in [5.74, 6) is -1.22. The third-order valence-corrected chi connectivity index (χ3v) is 3.38. The normalized spacial score (nSPS) is 26.1. The molecule has 5 heteroatoms. The van der Waals surface area contributed by atoms with E-state index in [4.69, 9.17) is 5.11 Å². The highest BCUT2D eigenvalue weighted by Crippen LogP contribution is 2.18. The van der Waals surface area contributed by atoms with Crippen molar-refractivity contribution in [1.82, 2.24) is 5.32 Å². The molecule has 5 nitrogen and oxygen atoms in total. The zero-order chi connectivity index (χ0) is 13.5. The molecular weight excluding hydrogens is 234 g/mol. The molecule has 3 N–H and O–H groups in total. The Morgan fingerprint density at radius 2 is 1.89 bits per heavy atom. The average molecular weight is 257 g/mol. The van der Waals surface area contributed by atoms with Gasteiger partial charge in [-0.3, -0.25) is 9.59 Å². The minimum atomic E-state index is -0.884. The van der Waals surface area contributed by atoms with Gasteiger partial charge in [0, 0.05) is 12.8 Å². The number of carboxylic acids is 1. The van der Waals surface area contributed by atoms with E-state index in [1.54, 1.807) is 6.92 Å². The van der Waals surface area contributed by atoms with Gasteiger partial charge in [-0.2, -0.15) is 0 Å². The van der Waals surface area contributed by atoms with Gasteiger partial charge in [0.2, 0.25) is 5.91 Å². The third kappa shape index (κ3) is 5.49. The molecule has 0 saturated heterocycles. The molecule has 0 radical (unpaired) electrons. The number of carbonyl (C=O) groups excluding carboxylic acids is 1. The Hall–Kier alpha value is -1.10. The van der Waals surface area contributed by atoms with Crippen LogP contribution in [-0.2, 0) is 9.59 Å². The van der Waals surface area contributed by atoms with Gasteiger partial charge in [-0.25, -0.2) is 0 Å². The van der Waals surface area contributed by atoms with E-state index in [2.05, 4.69) is 5.32 Å². The maximum Gasteiger partial charge on any atom is 0.303 e. The fourth-order valence-electron chi connectivity index (χ4n) is 2.41. The Labute approximate surface area is 108 Å². The SMILES string of the molecule is CC(CC(=O)O)CC(=O)NC1CCCCCC1O. The van der Waals surface area contributed by atoms with Crippen molar-refractivity contribution >= 4 is 11.9 Å². The van der Waals surface area contributed by atoms with Crippen LogP contribution >= 0.6 is 0 Å². The molecule has 0 aromatic rings. The molecular formula is C13H23NO4. The molecule has 1 aliphatic rings. The highest BCUT2D eigenvalue weighted by atomic mass is 16.4. The number of rotatable bonds is 5. The quantitative estimate of drug-likeness (QED) is 0.648. The first-order valence-corrected chi connectivity index (χ1v) is 6.68. The van der Waals surface area contributed by atoms with Gasteiger partial charge in [-0.15, -0.1) is 0 Å². The van der Waals surface area contributed by atoms with Crippen molar-refractivity contribution < 1.29 is 19.8 Å². The predicted molar refractivity (Wildman–Crippen MR) is 67.1 cm³/mol. The number of nitrogens with one attached hydrogen (secondary N) is 1. The summed E-state index contributed by atoms with van der Waals surface area (Å²) in [6.07, 6.45) is 4.40. The summed E-state index contributed by atoms with van der Waals surface area (Å²) in [6, 6.07) is -0.169. The zero-order valence-corrected chi connectivity index (χ0v) is 10.9. The van der Waals surface area contributed by atoms with Crippen LogP contribution < -0.4 is 5.32 Å². The molecule has 1 saturated carbocycles. The van der Waals surface area contributed by atoms with Crippen molar-refractivity contribution in [3.8, 4) is 0 Å². The molecule has 3 unspecified atom stereocenters. The molecule has 104 valence electrons. The fourth-order valence-corrected chi connectivity index (χ4v) is 2.41. The number of hydrogen-bond donors (Lipinski definition) is 3. The van der Waals surface area contributed by atoms with Crippen LogP contribution in [0.3, 0.4) is 0 Å². The van der Waals surface area contributed by atoms with E-state index >= 15 is 0 Å². The van der Waals surface area contributed by atoms with E-state index < -0.39 is 12.1 Å². The number of hydrogen-bond acceptors (Lipinski definition) is 3. The van der Waals surface area contributed by atoms with Gasteiger partial charge in [-0.1, -0.05) is 26.2 Å². The molecule has 1 aliphatic carbocycles. The van der Waals surface area contributed by atoms with E-state index in [9.17, 15) is 14.7 Å². The minimum Gasteiger partial charge on any atom is -0.481 e. The number of aliphatic hydroxyl groups excluding tert-OH is 1. The highest BCUT2D eigenvalue weighted by Gasteiger charge is 2.23. The maximum absolute atomic E-state index is 11.7. The van der Waals surface area contributed by atoms with Crippen molar-refractivity contribution in [2.75, 3.05) is 0 Å². The van der Waals surface area contributed by atoms with Crippen LogP contribution in [0.25, 0.3) is 0 Å². The lowest BCUT2D eigenvalue weighted by molar-refractivity contribution is -0.138. The van der Waals surface area contributed by atoms with Gasteiger partial charge in [0.15, 0.2) is 0 Å². The van der Waals surface area contributed by atoms with Gasteiger partial charge in [0.1, 0.15) is 0 Å². The van der Waals surface area contributed by atoms with Gasteiger partial charge in [-0.05, 0) is 18.8 Å². The van der Waals surface area contributed by atoms with Crippen LogP contribution in [0, 0.1) is 5.92 Å². The van der Waals surface area contributed by atoms with Crippen LogP contribution in [0.1, 0.15) is 51.9 Å². The Morgan fingerprint density at radius 1 is 1.22 bits per heavy atom. The van der Waals surface area contributed by atoms with Crippen LogP contribution in [0.4, 0.5) is 0 Å². The predicted octanol–water partition coefficient (Wildman–Crippen LogP) is 1.30. The lowest BCUT2D eigenvalue weighted by atomic mass is 10.0. The minimum absolute atomic E-state index is 0.000635. The Kier molecular flexibility index (Phi) is 6.12. The number of aliphatic carboxylic acids is 1. The molecule has 1 rings (SSSR count). The number of carboxylic acid groups (broad SMARTS) is 1. The van der Waals surface area contributed by atoms with Gasteiger partial charge in [0.25, 0.3) is 0 Å². The molecule has 0 aliphatic heterocycles. The smallest absolute Gasteiger partial charge is 0.303 e. The summed E-state index contributed by atoms with van der Waals surface area (Å²) in [5, 5.41) is 21.3. The molecule has 0 aromatic carbocycles. The maximum atomic E-state index is 11.7. The van der Waals surface area contributed by atoms with E-state index in [1.807, 2.05) is 0 Å². The van der Waals surface area contributed by atoms with Crippen LogP contribution in [0.2, 0.25) is 0 Å². The molecule has 1 amide bonds. The summed E-state index contributed by atoms with van der Waals surface area (Å²) in [7, 11) is 0. The second-order valence-electron chi connectivity index (χ2n) is 5.29. The van der Waals surface area contributed by atoms with Crippen molar-refractivity contribution in [3.05, 3.63) is 0 Å². The van der Waals surface area contributed by atoms with Crippen LogP contribution in [0.15, 0.2) is 0 Å². The lowest BCUT2D eigenvalue weighted by Gasteiger charge is -2.22. The second kappa shape index (κ2) is 7.36. The van der Waals surface area contributed by atoms with Crippen molar-refractivity contribution in [3.63, 3.8) is 0 Å². The van der Waals surface area contributed by atoms with Crippen molar-refractivity contribution in [2.45, 2.75) is 64.0 Å². The van der Waals surface area contributed by atoms with Gasteiger partial charge >= 0.3 is 5.97 Å². The third-order valence-electron chi connectivity index (χ3n) is 3.38. The molecule has 1 fully saturated rings.